The number of benzene rings is 1. The summed E-state index contributed by atoms with van der Waals surface area (Å²) in [6.07, 6.45) is -4.54. The average Bonchev–Trinajstić information content (AvgIpc) is 2.44. The summed E-state index contributed by atoms with van der Waals surface area (Å²) in [6.45, 7) is 1.89. The monoisotopic (exact) mass is 316 g/mol. The molecule has 0 aliphatic carbocycles. The number of anilines is 1. The van der Waals surface area contributed by atoms with Gasteiger partial charge in [-0.3, -0.25) is 0 Å². The molecule has 1 aromatic rings. The SMILES string of the molecule is NC1CC(CC(F)(F)F)CN(c2ccc3c(c2)OCCO3)C1. The largest absolute Gasteiger partial charge is 0.486 e. The summed E-state index contributed by atoms with van der Waals surface area (Å²) < 4.78 is 48.9. The summed E-state index contributed by atoms with van der Waals surface area (Å²) in [5.74, 6) is 0.829. The predicted molar refractivity (Wildman–Crippen MR) is 76.4 cm³/mol. The van der Waals surface area contributed by atoms with Gasteiger partial charge in [0.25, 0.3) is 0 Å². The van der Waals surface area contributed by atoms with Crippen LogP contribution in [0.25, 0.3) is 0 Å². The van der Waals surface area contributed by atoms with Gasteiger partial charge in [0.15, 0.2) is 11.5 Å². The maximum absolute atomic E-state index is 12.6. The third-order valence-electron chi connectivity index (χ3n) is 3.98. The van der Waals surface area contributed by atoms with Crippen molar-refractivity contribution in [1.82, 2.24) is 0 Å². The van der Waals surface area contributed by atoms with E-state index in [1.54, 1.807) is 6.07 Å². The Bertz CT molecular complexity index is 536. The molecule has 122 valence electrons. The Labute approximate surface area is 127 Å². The number of halogens is 3. The minimum Gasteiger partial charge on any atom is -0.486 e. The molecule has 1 aromatic carbocycles. The van der Waals surface area contributed by atoms with Crippen LogP contribution in [0.3, 0.4) is 0 Å². The number of nitrogens with two attached hydrogens (primary N) is 1. The third-order valence-corrected chi connectivity index (χ3v) is 3.98. The van der Waals surface area contributed by atoms with Gasteiger partial charge in [0.1, 0.15) is 13.2 Å². The second-order valence-electron chi connectivity index (χ2n) is 5.91. The quantitative estimate of drug-likeness (QED) is 0.911. The molecular formula is C15H19F3N2O2. The molecule has 3 rings (SSSR count). The standard InChI is InChI=1S/C15H19F3N2O2/c16-15(17,18)7-10-5-11(19)9-20(8-10)12-1-2-13-14(6-12)22-4-3-21-13/h1-2,6,10-11H,3-5,7-9,19H2. The van der Waals surface area contributed by atoms with Crippen molar-refractivity contribution in [3.63, 3.8) is 0 Å². The topological polar surface area (TPSA) is 47.7 Å². The molecule has 2 heterocycles. The van der Waals surface area contributed by atoms with Crippen LogP contribution in [0.4, 0.5) is 18.9 Å². The zero-order valence-corrected chi connectivity index (χ0v) is 12.1. The van der Waals surface area contributed by atoms with E-state index >= 15 is 0 Å². The van der Waals surface area contributed by atoms with Crippen molar-refractivity contribution >= 4 is 5.69 Å². The van der Waals surface area contributed by atoms with Crippen molar-refractivity contribution in [3.05, 3.63) is 18.2 Å². The van der Waals surface area contributed by atoms with Gasteiger partial charge >= 0.3 is 6.18 Å². The molecule has 2 unspecified atom stereocenters. The summed E-state index contributed by atoms with van der Waals surface area (Å²) in [5.41, 5.74) is 6.77. The molecule has 1 saturated heterocycles. The van der Waals surface area contributed by atoms with Gasteiger partial charge in [0.05, 0.1) is 0 Å². The highest BCUT2D eigenvalue weighted by atomic mass is 19.4. The van der Waals surface area contributed by atoms with Gasteiger partial charge in [-0.05, 0) is 24.5 Å². The molecule has 0 amide bonds. The lowest BCUT2D eigenvalue weighted by molar-refractivity contribution is -0.145. The molecule has 2 atom stereocenters. The molecule has 0 saturated carbocycles. The molecule has 2 N–H and O–H groups in total. The van der Waals surface area contributed by atoms with E-state index < -0.39 is 18.5 Å². The zero-order chi connectivity index (χ0) is 15.7. The Morgan fingerprint density at radius 2 is 1.86 bits per heavy atom. The first-order valence-corrected chi connectivity index (χ1v) is 7.37. The van der Waals surface area contributed by atoms with Crippen molar-refractivity contribution in [2.24, 2.45) is 11.7 Å². The van der Waals surface area contributed by atoms with Gasteiger partial charge in [0.2, 0.25) is 0 Å². The van der Waals surface area contributed by atoms with E-state index in [4.69, 9.17) is 15.2 Å². The fourth-order valence-corrected chi connectivity index (χ4v) is 3.16. The van der Waals surface area contributed by atoms with E-state index in [0.29, 0.717) is 44.2 Å². The lowest BCUT2D eigenvalue weighted by atomic mass is 9.91. The normalized spacial score (nSPS) is 25.2. The predicted octanol–water partition coefficient (Wildman–Crippen LogP) is 2.56. The first-order chi connectivity index (χ1) is 10.4. The van der Waals surface area contributed by atoms with Crippen molar-refractivity contribution in [1.29, 1.82) is 0 Å². The van der Waals surface area contributed by atoms with Crippen LogP contribution in [0.1, 0.15) is 12.8 Å². The summed E-state index contributed by atoms with van der Waals surface area (Å²) in [5, 5.41) is 0. The molecule has 2 aliphatic heterocycles. The van der Waals surface area contributed by atoms with Gasteiger partial charge in [-0.1, -0.05) is 0 Å². The maximum atomic E-state index is 12.6. The molecule has 4 nitrogen and oxygen atoms in total. The van der Waals surface area contributed by atoms with Crippen LogP contribution in [0.5, 0.6) is 11.5 Å². The minimum absolute atomic E-state index is 0.255. The van der Waals surface area contributed by atoms with Crippen molar-refractivity contribution in [2.75, 3.05) is 31.2 Å². The van der Waals surface area contributed by atoms with Crippen molar-refractivity contribution in [2.45, 2.75) is 25.1 Å². The summed E-state index contributed by atoms with van der Waals surface area (Å²) in [7, 11) is 0. The molecule has 7 heteroatoms. The number of hydrogen-bond acceptors (Lipinski definition) is 4. The first-order valence-electron chi connectivity index (χ1n) is 7.37. The van der Waals surface area contributed by atoms with E-state index in [1.165, 1.54) is 0 Å². The second-order valence-corrected chi connectivity index (χ2v) is 5.91. The number of nitrogens with zero attached hydrogens (tertiary/aromatic N) is 1. The maximum Gasteiger partial charge on any atom is 0.389 e. The van der Waals surface area contributed by atoms with Crippen LogP contribution in [-0.4, -0.2) is 38.5 Å². The highest BCUT2D eigenvalue weighted by Gasteiger charge is 2.36. The molecule has 0 spiro atoms. The van der Waals surface area contributed by atoms with Gasteiger partial charge in [-0.25, -0.2) is 0 Å². The van der Waals surface area contributed by atoms with Gasteiger partial charge < -0.3 is 20.1 Å². The Kier molecular flexibility index (Phi) is 4.08. The fraction of sp³-hybridized carbons (Fsp3) is 0.600. The highest BCUT2D eigenvalue weighted by Crippen LogP contribution is 2.36. The molecule has 0 bridgehead atoms. The number of alkyl halides is 3. The van der Waals surface area contributed by atoms with Gasteiger partial charge in [-0.2, -0.15) is 13.2 Å². The Morgan fingerprint density at radius 1 is 1.14 bits per heavy atom. The number of hydrogen-bond donors (Lipinski definition) is 1. The van der Waals surface area contributed by atoms with E-state index in [2.05, 4.69) is 0 Å². The minimum atomic E-state index is -4.15. The number of piperidine rings is 1. The van der Waals surface area contributed by atoms with Crippen LogP contribution in [0.2, 0.25) is 0 Å². The average molecular weight is 316 g/mol. The second kappa shape index (κ2) is 5.87. The third kappa shape index (κ3) is 3.58. The molecule has 0 aromatic heterocycles. The molecular weight excluding hydrogens is 297 g/mol. The van der Waals surface area contributed by atoms with Gasteiger partial charge in [-0.15, -0.1) is 0 Å². The molecule has 1 fully saturated rings. The smallest absolute Gasteiger partial charge is 0.389 e. The van der Waals surface area contributed by atoms with E-state index in [0.717, 1.165) is 5.69 Å². The lowest BCUT2D eigenvalue weighted by Crippen LogP contribution is -2.48. The zero-order valence-electron chi connectivity index (χ0n) is 12.1. The first kappa shape index (κ1) is 15.3. The highest BCUT2D eigenvalue weighted by molar-refractivity contribution is 5.57. The Morgan fingerprint density at radius 3 is 2.59 bits per heavy atom. The lowest BCUT2D eigenvalue weighted by Gasteiger charge is -2.38. The van der Waals surface area contributed by atoms with Gasteiger partial charge in [0, 0.05) is 37.3 Å². The molecule has 22 heavy (non-hydrogen) atoms. The number of fused-ring (bicyclic) bond motifs is 1. The van der Waals surface area contributed by atoms with E-state index in [9.17, 15) is 13.2 Å². The van der Waals surface area contributed by atoms with Crippen LogP contribution in [0.15, 0.2) is 18.2 Å². The summed E-state index contributed by atoms with van der Waals surface area (Å²) in [6, 6.07) is 5.20. The number of ether oxygens (including phenoxy) is 2. The fourth-order valence-electron chi connectivity index (χ4n) is 3.16. The number of rotatable bonds is 2. The summed E-state index contributed by atoms with van der Waals surface area (Å²) >= 11 is 0. The van der Waals surface area contributed by atoms with Crippen molar-refractivity contribution < 1.29 is 22.6 Å². The van der Waals surface area contributed by atoms with Crippen LogP contribution in [-0.2, 0) is 0 Å². The van der Waals surface area contributed by atoms with Crippen LogP contribution in [0, 0.1) is 5.92 Å². The van der Waals surface area contributed by atoms with Crippen LogP contribution >= 0.6 is 0 Å². The van der Waals surface area contributed by atoms with Crippen LogP contribution < -0.4 is 20.1 Å². The van der Waals surface area contributed by atoms with Crippen molar-refractivity contribution in [3.8, 4) is 11.5 Å². The summed E-state index contributed by atoms with van der Waals surface area (Å²) in [4.78, 5) is 1.91. The Balaban J connectivity index is 1.75. The Hall–Kier alpha value is -1.63. The molecule has 0 radical (unpaired) electrons. The molecule has 2 aliphatic rings. The van der Waals surface area contributed by atoms with E-state index in [1.807, 2.05) is 17.0 Å². The van der Waals surface area contributed by atoms with E-state index in [-0.39, 0.29) is 6.04 Å².